The minimum Gasteiger partial charge on any atom is -0.495 e. The molecule has 0 aromatic heterocycles. The summed E-state index contributed by atoms with van der Waals surface area (Å²) in [5.74, 6) is 0.359. The summed E-state index contributed by atoms with van der Waals surface area (Å²) < 4.78 is 15.1. The van der Waals surface area contributed by atoms with Gasteiger partial charge in [-0.15, -0.1) is 0 Å². The molecule has 1 saturated heterocycles. The van der Waals surface area contributed by atoms with Crippen LogP contribution in [0, 0.1) is 0 Å². The van der Waals surface area contributed by atoms with E-state index in [2.05, 4.69) is 5.32 Å². The summed E-state index contributed by atoms with van der Waals surface area (Å²) in [5.41, 5.74) is -0.0349. The molecule has 0 saturated carbocycles. The molecule has 1 heterocycles. The van der Waals surface area contributed by atoms with Gasteiger partial charge in [0.05, 0.1) is 33.1 Å². The number of hydrogen-bond donors (Lipinski definition) is 1. The lowest BCUT2D eigenvalue weighted by Crippen LogP contribution is -2.62. The number of benzene rings is 1. The summed E-state index contributed by atoms with van der Waals surface area (Å²) >= 11 is 0. The maximum Gasteiger partial charge on any atom is 0.336 e. The molecule has 1 aliphatic heterocycles. The average molecular weight is 237 g/mol. The molecule has 5 heteroatoms. The first-order chi connectivity index (χ1) is 8.22. The third-order valence-electron chi connectivity index (χ3n) is 2.75. The molecule has 92 valence electrons. The first-order valence-corrected chi connectivity index (χ1v) is 5.29. The normalized spacial score (nSPS) is 16.8. The topological polar surface area (TPSA) is 56.8 Å². The molecule has 0 unspecified atom stereocenters. The number of methoxy groups -OCH3 is 2. The van der Waals surface area contributed by atoms with Gasteiger partial charge in [-0.2, -0.15) is 0 Å². The van der Waals surface area contributed by atoms with Crippen LogP contribution in [0.2, 0.25) is 0 Å². The highest BCUT2D eigenvalue weighted by Crippen LogP contribution is 2.30. The zero-order chi connectivity index (χ0) is 12.3. The number of esters is 1. The molecule has 0 bridgehead atoms. The van der Waals surface area contributed by atoms with Crippen LogP contribution in [0.4, 0.5) is 5.69 Å². The first kappa shape index (κ1) is 11.7. The van der Waals surface area contributed by atoms with Gasteiger partial charge in [0.2, 0.25) is 0 Å². The molecule has 2 rings (SSSR count). The van der Waals surface area contributed by atoms with E-state index in [9.17, 15) is 4.79 Å². The van der Waals surface area contributed by atoms with Crippen LogP contribution in [-0.2, 0) is 14.3 Å². The van der Waals surface area contributed by atoms with Crippen LogP contribution >= 0.6 is 0 Å². The molecule has 1 aromatic rings. The van der Waals surface area contributed by atoms with Crippen molar-refractivity contribution in [1.82, 2.24) is 0 Å². The average Bonchev–Trinajstić information content (AvgIpc) is 2.33. The van der Waals surface area contributed by atoms with Crippen molar-refractivity contribution >= 4 is 11.7 Å². The standard InChI is InChI=1S/C12H15NO4/c1-15-10-6-4-3-5-9(10)13-12(7-17-8-12)11(14)16-2/h3-6,13H,7-8H2,1-2H3. The summed E-state index contributed by atoms with van der Waals surface area (Å²) in [5, 5.41) is 3.14. The molecule has 5 nitrogen and oxygen atoms in total. The van der Waals surface area contributed by atoms with Gasteiger partial charge in [-0.3, -0.25) is 0 Å². The van der Waals surface area contributed by atoms with E-state index in [0.717, 1.165) is 5.69 Å². The summed E-state index contributed by atoms with van der Waals surface area (Å²) in [6.07, 6.45) is 0. The second kappa shape index (κ2) is 4.63. The summed E-state index contributed by atoms with van der Waals surface area (Å²) in [7, 11) is 2.95. The Morgan fingerprint density at radius 3 is 2.59 bits per heavy atom. The molecule has 0 amide bonds. The molecule has 1 aliphatic rings. The molecule has 17 heavy (non-hydrogen) atoms. The van der Waals surface area contributed by atoms with Crippen LogP contribution in [0.3, 0.4) is 0 Å². The molecule has 1 N–H and O–H groups in total. The molecule has 1 aromatic carbocycles. The van der Waals surface area contributed by atoms with Gasteiger partial charge in [0.1, 0.15) is 5.75 Å². The van der Waals surface area contributed by atoms with Crippen LogP contribution in [-0.4, -0.2) is 38.9 Å². The Labute approximate surface area is 99.7 Å². The molecule has 0 aliphatic carbocycles. The molecule has 0 atom stereocenters. The zero-order valence-corrected chi connectivity index (χ0v) is 9.86. The minimum atomic E-state index is -0.788. The third kappa shape index (κ3) is 2.06. The van der Waals surface area contributed by atoms with Gasteiger partial charge in [-0.25, -0.2) is 4.79 Å². The van der Waals surface area contributed by atoms with E-state index < -0.39 is 5.54 Å². The van der Waals surface area contributed by atoms with Crippen molar-refractivity contribution in [2.24, 2.45) is 0 Å². The smallest absolute Gasteiger partial charge is 0.336 e. The van der Waals surface area contributed by atoms with Gasteiger partial charge in [0.25, 0.3) is 0 Å². The molecular weight excluding hydrogens is 222 g/mol. The van der Waals surface area contributed by atoms with E-state index in [1.54, 1.807) is 7.11 Å². The number of hydrogen-bond acceptors (Lipinski definition) is 5. The maximum absolute atomic E-state index is 11.7. The summed E-state index contributed by atoms with van der Waals surface area (Å²) in [6, 6.07) is 7.41. The van der Waals surface area contributed by atoms with Crippen molar-refractivity contribution in [2.45, 2.75) is 5.54 Å². The number of carbonyl (C=O) groups excluding carboxylic acids is 1. The highest BCUT2D eigenvalue weighted by Gasteiger charge is 2.47. The predicted molar refractivity (Wildman–Crippen MR) is 62.2 cm³/mol. The van der Waals surface area contributed by atoms with Crippen molar-refractivity contribution in [2.75, 3.05) is 32.8 Å². The lowest BCUT2D eigenvalue weighted by atomic mass is 9.97. The SMILES string of the molecule is COC(=O)C1(Nc2ccccc2OC)COC1. The van der Waals surface area contributed by atoms with Gasteiger partial charge in [0, 0.05) is 0 Å². The Morgan fingerprint density at radius 1 is 1.35 bits per heavy atom. The fourth-order valence-electron chi connectivity index (χ4n) is 1.75. The molecular formula is C12H15NO4. The van der Waals surface area contributed by atoms with Crippen molar-refractivity contribution in [1.29, 1.82) is 0 Å². The summed E-state index contributed by atoms with van der Waals surface area (Å²) in [6.45, 7) is 0.607. The lowest BCUT2D eigenvalue weighted by Gasteiger charge is -2.39. The molecule has 1 fully saturated rings. The first-order valence-electron chi connectivity index (χ1n) is 5.29. The van der Waals surface area contributed by atoms with Crippen molar-refractivity contribution in [3.05, 3.63) is 24.3 Å². The van der Waals surface area contributed by atoms with Gasteiger partial charge in [0.15, 0.2) is 5.54 Å². The fourth-order valence-corrected chi connectivity index (χ4v) is 1.75. The Kier molecular flexibility index (Phi) is 3.19. The quantitative estimate of drug-likeness (QED) is 0.793. The fraction of sp³-hybridized carbons (Fsp3) is 0.417. The third-order valence-corrected chi connectivity index (χ3v) is 2.75. The van der Waals surface area contributed by atoms with Crippen LogP contribution < -0.4 is 10.1 Å². The Morgan fingerprint density at radius 2 is 2.06 bits per heavy atom. The summed E-state index contributed by atoms with van der Waals surface area (Å²) in [4.78, 5) is 11.7. The van der Waals surface area contributed by atoms with Gasteiger partial charge >= 0.3 is 5.97 Å². The van der Waals surface area contributed by atoms with Crippen LogP contribution in [0.5, 0.6) is 5.75 Å². The van der Waals surface area contributed by atoms with Crippen molar-refractivity contribution < 1.29 is 19.0 Å². The Bertz CT molecular complexity index is 415. The Hall–Kier alpha value is -1.75. The van der Waals surface area contributed by atoms with E-state index in [0.29, 0.717) is 19.0 Å². The van der Waals surface area contributed by atoms with Crippen molar-refractivity contribution in [3.63, 3.8) is 0 Å². The second-order valence-corrected chi connectivity index (χ2v) is 3.89. The highest BCUT2D eigenvalue weighted by atomic mass is 16.5. The number of anilines is 1. The van der Waals surface area contributed by atoms with E-state index in [4.69, 9.17) is 14.2 Å². The van der Waals surface area contributed by atoms with E-state index in [1.807, 2.05) is 24.3 Å². The number of carbonyl (C=O) groups is 1. The van der Waals surface area contributed by atoms with Gasteiger partial charge in [-0.1, -0.05) is 12.1 Å². The predicted octanol–water partition coefficient (Wildman–Crippen LogP) is 1.05. The Balaban J connectivity index is 2.21. The lowest BCUT2D eigenvalue weighted by molar-refractivity contribution is -0.161. The molecule has 0 radical (unpaired) electrons. The maximum atomic E-state index is 11.7. The monoisotopic (exact) mass is 237 g/mol. The van der Waals surface area contributed by atoms with E-state index in [1.165, 1.54) is 7.11 Å². The number of rotatable bonds is 4. The number of ether oxygens (including phenoxy) is 3. The second-order valence-electron chi connectivity index (χ2n) is 3.89. The van der Waals surface area contributed by atoms with Crippen LogP contribution in [0.15, 0.2) is 24.3 Å². The van der Waals surface area contributed by atoms with Gasteiger partial charge < -0.3 is 19.5 Å². The van der Waals surface area contributed by atoms with Crippen LogP contribution in [0.25, 0.3) is 0 Å². The number of nitrogens with one attached hydrogen (secondary N) is 1. The van der Waals surface area contributed by atoms with E-state index >= 15 is 0 Å². The highest BCUT2D eigenvalue weighted by molar-refractivity contribution is 5.86. The molecule has 0 spiro atoms. The largest absolute Gasteiger partial charge is 0.495 e. The van der Waals surface area contributed by atoms with Crippen LogP contribution in [0.1, 0.15) is 0 Å². The van der Waals surface area contributed by atoms with Gasteiger partial charge in [-0.05, 0) is 12.1 Å². The number of para-hydroxylation sites is 2. The van der Waals surface area contributed by atoms with Crippen molar-refractivity contribution in [3.8, 4) is 5.75 Å². The zero-order valence-electron chi connectivity index (χ0n) is 9.86. The minimum absolute atomic E-state index is 0.303. The van der Waals surface area contributed by atoms with E-state index in [-0.39, 0.29) is 5.97 Å².